The third-order valence-corrected chi connectivity index (χ3v) is 1.45. The first-order valence-electron chi connectivity index (χ1n) is 1.52. The summed E-state index contributed by atoms with van der Waals surface area (Å²) in [5.74, 6) is 0. The minimum absolute atomic E-state index is 0. The van der Waals surface area contributed by atoms with Gasteiger partial charge in [-0.3, -0.25) is 0 Å². The Balaban J connectivity index is 0.000000360. The van der Waals surface area contributed by atoms with Crippen LogP contribution < -0.4 is 0 Å². The fourth-order valence-electron chi connectivity index (χ4n) is 0.232. The Hall–Kier alpha value is 0.344. The standard InChI is InChI=1S/C3H3NS2.Ni/c5-3-4-1-2-6-3;/h1-2H,(H,4,5);. The van der Waals surface area contributed by atoms with Crippen LogP contribution in [0.1, 0.15) is 0 Å². The maximum Gasteiger partial charge on any atom is 0.158 e. The second-order valence-corrected chi connectivity index (χ2v) is 2.44. The van der Waals surface area contributed by atoms with Gasteiger partial charge in [0.15, 0.2) is 3.95 Å². The van der Waals surface area contributed by atoms with Crippen LogP contribution in [0.25, 0.3) is 0 Å². The van der Waals surface area contributed by atoms with E-state index in [-0.39, 0.29) is 16.5 Å². The third kappa shape index (κ3) is 2.22. The molecule has 0 fully saturated rings. The van der Waals surface area contributed by atoms with E-state index in [1.54, 1.807) is 0 Å². The van der Waals surface area contributed by atoms with Gasteiger partial charge in [-0.2, -0.15) is 0 Å². The first-order chi connectivity index (χ1) is 2.89. The van der Waals surface area contributed by atoms with Gasteiger partial charge in [0.05, 0.1) is 0 Å². The SMILES string of the molecule is S=c1[nH]ccs1.[Ni]. The van der Waals surface area contributed by atoms with Gasteiger partial charge in [0.1, 0.15) is 0 Å². The molecule has 0 radical (unpaired) electrons. The maximum atomic E-state index is 4.71. The summed E-state index contributed by atoms with van der Waals surface area (Å²) < 4.78 is 0.843. The Morgan fingerprint density at radius 3 is 2.57 bits per heavy atom. The Kier molecular flexibility index (Phi) is 3.52. The summed E-state index contributed by atoms with van der Waals surface area (Å²) in [7, 11) is 0. The molecular formula is C3H3NNiS2. The molecule has 0 bridgehead atoms. The van der Waals surface area contributed by atoms with Crippen LogP contribution in [0.5, 0.6) is 0 Å². The molecule has 1 aromatic rings. The van der Waals surface area contributed by atoms with Crippen molar-refractivity contribution >= 4 is 23.6 Å². The summed E-state index contributed by atoms with van der Waals surface area (Å²) in [5.41, 5.74) is 0. The molecule has 1 aromatic heterocycles. The van der Waals surface area contributed by atoms with Gasteiger partial charge in [-0.25, -0.2) is 0 Å². The molecule has 0 saturated carbocycles. The zero-order chi connectivity index (χ0) is 4.41. The average Bonchev–Trinajstić information content (AvgIpc) is 1.86. The first kappa shape index (κ1) is 7.34. The van der Waals surface area contributed by atoms with Crippen LogP contribution in [0.3, 0.4) is 0 Å². The first-order valence-corrected chi connectivity index (χ1v) is 2.80. The smallest absolute Gasteiger partial charge is 0.158 e. The fourth-order valence-corrected chi connectivity index (χ4v) is 0.862. The Morgan fingerprint density at radius 1 is 1.71 bits per heavy atom. The van der Waals surface area contributed by atoms with Crippen molar-refractivity contribution in [3.05, 3.63) is 15.5 Å². The van der Waals surface area contributed by atoms with Crippen molar-refractivity contribution in [2.45, 2.75) is 0 Å². The van der Waals surface area contributed by atoms with E-state index in [2.05, 4.69) is 4.98 Å². The minimum Gasteiger partial charge on any atom is -0.344 e. The number of rotatable bonds is 0. The molecule has 0 aliphatic carbocycles. The van der Waals surface area contributed by atoms with Crippen LogP contribution in [0.4, 0.5) is 0 Å². The van der Waals surface area contributed by atoms with Crippen molar-refractivity contribution in [2.75, 3.05) is 0 Å². The molecule has 0 aliphatic heterocycles. The number of hydrogen-bond donors (Lipinski definition) is 1. The largest absolute Gasteiger partial charge is 0.344 e. The van der Waals surface area contributed by atoms with Gasteiger partial charge >= 0.3 is 0 Å². The Bertz CT molecular complexity index is 151. The van der Waals surface area contributed by atoms with Crippen molar-refractivity contribution in [3.63, 3.8) is 0 Å². The molecular weight excluding hydrogens is 173 g/mol. The van der Waals surface area contributed by atoms with E-state index < -0.39 is 0 Å². The van der Waals surface area contributed by atoms with E-state index in [0.29, 0.717) is 0 Å². The molecule has 0 aliphatic rings. The zero-order valence-electron chi connectivity index (χ0n) is 3.29. The molecule has 0 aromatic carbocycles. The van der Waals surface area contributed by atoms with E-state index >= 15 is 0 Å². The van der Waals surface area contributed by atoms with Gasteiger partial charge in [0.2, 0.25) is 0 Å². The zero-order valence-corrected chi connectivity index (χ0v) is 5.91. The number of H-pyrrole nitrogens is 1. The van der Waals surface area contributed by atoms with E-state index in [1.165, 1.54) is 11.3 Å². The Morgan fingerprint density at radius 2 is 2.43 bits per heavy atom. The molecule has 0 amide bonds. The van der Waals surface area contributed by atoms with E-state index in [4.69, 9.17) is 12.2 Å². The molecule has 1 heterocycles. The van der Waals surface area contributed by atoms with Crippen LogP contribution in [0.15, 0.2) is 11.6 Å². The topological polar surface area (TPSA) is 15.8 Å². The van der Waals surface area contributed by atoms with Crippen LogP contribution in [-0.4, -0.2) is 4.98 Å². The Labute approximate surface area is 60.7 Å². The van der Waals surface area contributed by atoms with Crippen molar-refractivity contribution in [3.8, 4) is 0 Å². The van der Waals surface area contributed by atoms with Crippen LogP contribution in [0, 0.1) is 3.95 Å². The fraction of sp³-hybridized carbons (Fsp3) is 0. The maximum absolute atomic E-state index is 4.71. The number of aromatic amines is 1. The average molecular weight is 176 g/mol. The summed E-state index contributed by atoms with van der Waals surface area (Å²) in [6.45, 7) is 0. The van der Waals surface area contributed by atoms with Gasteiger partial charge in [-0.05, 0) is 12.2 Å². The molecule has 7 heavy (non-hydrogen) atoms. The number of nitrogens with one attached hydrogen (secondary N) is 1. The summed E-state index contributed by atoms with van der Waals surface area (Å²) in [6.07, 6.45) is 1.83. The predicted octanol–water partition coefficient (Wildman–Crippen LogP) is 1.80. The summed E-state index contributed by atoms with van der Waals surface area (Å²) in [5, 5.41) is 1.92. The van der Waals surface area contributed by atoms with Crippen LogP contribution in [0.2, 0.25) is 0 Å². The third-order valence-electron chi connectivity index (χ3n) is 0.444. The summed E-state index contributed by atoms with van der Waals surface area (Å²) >= 11 is 6.25. The molecule has 0 unspecified atom stereocenters. The van der Waals surface area contributed by atoms with Crippen molar-refractivity contribution in [2.24, 2.45) is 0 Å². The number of hydrogen-bond acceptors (Lipinski definition) is 2. The summed E-state index contributed by atoms with van der Waals surface area (Å²) in [4.78, 5) is 2.83. The molecule has 1 rings (SSSR count). The second-order valence-electron chi connectivity index (χ2n) is 0.852. The number of thiazole rings is 1. The van der Waals surface area contributed by atoms with Crippen LogP contribution >= 0.6 is 23.6 Å². The van der Waals surface area contributed by atoms with E-state index in [0.717, 1.165) is 3.95 Å². The van der Waals surface area contributed by atoms with Gasteiger partial charge in [-0.15, -0.1) is 11.3 Å². The molecule has 1 N–H and O–H groups in total. The monoisotopic (exact) mass is 175 g/mol. The molecule has 42 valence electrons. The van der Waals surface area contributed by atoms with E-state index in [1.807, 2.05) is 11.6 Å². The predicted molar refractivity (Wildman–Crippen MR) is 29.5 cm³/mol. The minimum atomic E-state index is 0. The van der Waals surface area contributed by atoms with Gasteiger partial charge < -0.3 is 4.98 Å². The van der Waals surface area contributed by atoms with E-state index in [9.17, 15) is 0 Å². The molecule has 0 saturated heterocycles. The normalized spacial score (nSPS) is 7.43. The van der Waals surface area contributed by atoms with Gasteiger partial charge in [0, 0.05) is 28.1 Å². The summed E-state index contributed by atoms with van der Waals surface area (Å²) in [6, 6.07) is 0. The molecule has 1 nitrogen and oxygen atoms in total. The van der Waals surface area contributed by atoms with Gasteiger partial charge in [0.25, 0.3) is 0 Å². The van der Waals surface area contributed by atoms with Crippen molar-refractivity contribution in [1.82, 2.24) is 4.98 Å². The quantitative estimate of drug-likeness (QED) is 0.470. The van der Waals surface area contributed by atoms with Crippen LogP contribution in [-0.2, 0) is 16.5 Å². The van der Waals surface area contributed by atoms with Gasteiger partial charge in [-0.1, -0.05) is 0 Å². The molecule has 0 atom stereocenters. The van der Waals surface area contributed by atoms with Crippen molar-refractivity contribution < 1.29 is 16.5 Å². The molecule has 4 heteroatoms. The number of aromatic nitrogens is 1. The van der Waals surface area contributed by atoms with Crippen molar-refractivity contribution in [1.29, 1.82) is 0 Å². The second kappa shape index (κ2) is 3.36. The molecule has 0 spiro atoms.